The number of hydrogen-bond donors (Lipinski definition) is 1. The Kier molecular flexibility index (Phi) is 4.53. The van der Waals surface area contributed by atoms with E-state index in [1.54, 1.807) is 0 Å². The minimum Gasteiger partial charge on any atom is -0.484 e. The van der Waals surface area contributed by atoms with Crippen molar-refractivity contribution in [3.05, 3.63) is 59.1 Å². The second-order valence-electron chi connectivity index (χ2n) is 3.92. The van der Waals surface area contributed by atoms with Crippen LogP contribution in [0.2, 0.25) is 5.02 Å². The minimum atomic E-state index is -0.622. The lowest BCUT2D eigenvalue weighted by Crippen LogP contribution is -2.20. The third kappa shape index (κ3) is 3.93. The van der Waals surface area contributed by atoms with Crippen LogP contribution in [0, 0.1) is 11.6 Å². The highest BCUT2D eigenvalue weighted by molar-refractivity contribution is 6.30. The van der Waals surface area contributed by atoms with Crippen LogP contribution in [0.4, 0.5) is 14.5 Å². The van der Waals surface area contributed by atoms with E-state index in [0.29, 0.717) is 5.69 Å². The molecule has 0 radical (unpaired) electrons. The summed E-state index contributed by atoms with van der Waals surface area (Å²) in [4.78, 5) is 11.6. The number of rotatable bonds is 4. The molecule has 0 fully saturated rings. The van der Waals surface area contributed by atoms with Gasteiger partial charge in [0.2, 0.25) is 0 Å². The van der Waals surface area contributed by atoms with Gasteiger partial charge in [-0.3, -0.25) is 4.79 Å². The van der Waals surface area contributed by atoms with E-state index in [2.05, 4.69) is 5.32 Å². The van der Waals surface area contributed by atoms with Crippen molar-refractivity contribution in [3.63, 3.8) is 0 Å². The van der Waals surface area contributed by atoms with Crippen LogP contribution in [0.1, 0.15) is 0 Å². The van der Waals surface area contributed by atoms with Gasteiger partial charge in [-0.05, 0) is 36.4 Å². The quantitative estimate of drug-likeness (QED) is 0.936. The SMILES string of the molecule is O=C(COc1ccc(Cl)c(F)c1)Nc1ccc(F)cc1. The first kappa shape index (κ1) is 14.3. The lowest BCUT2D eigenvalue weighted by atomic mass is 10.3. The van der Waals surface area contributed by atoms with Gasteiger partial charge in [0.25, 0.3) is 5.91 Å². The zero-order valence-electron chi connectivity index (χ0n) is 10.2. The fraction of sp³-hybridized carbons (Fsp3) is 0.0714. The topological polar surface area (TPSA) is 38.3 Å². The maximum Gasteiger partial charge on any atom is 0.262 e. The van der Waals surface area contributed by atoms with Crippen molar-refractivity contribution in [1.29, 1.82) is 0 Å². The van der Waals surface area contributed by atoms with Gasteiger partial charge in [-0.2, -0.15) is 0 Å². The molecule has 6 heteroatoms. The normalized spacial score (nSPS) is 10.2. The zero-order valence-corrected chi connectivity index (χ0v) is 11.0. The first-order chi connectivity index (χ1) is 9.54. The largest absolute Gasteiger partial charge is 0.484 e. The molecule has 0 aliphatic rings. The standard InChI is InChI=1S/C14H10ClF2NO2/c15-12-6-5-11(7-13(12)17)20-8-14(19)18-10-3-1-9(16)2-4-10/h1-7H,8H2,(H,18,19). The molecule has 2 aromatic carbocycles. The van der Waals surface area contributed by atoms with Gasteiger partial charge in [0.05, 0.1) is 5.02 Å². The highest BCUT2D eigenvalue weighted by Crippen LogP contribution is 2.20. The van der Waals surface area contributed by atoms with E-state index in [1.807, 2.05) is 0 Å². The molecule has 1 N–H and O–H groups in total. The molecule has 2 aromatic rings. The molecule has 2 rings (SSSR count). The maximum absolute atomic E-state index is 13.1. The second-order valence-corrected chi connectivity index (χ2v) is 4.33. The van der Waals surface area contributed by atoms with Crippen molar-refractivity contribution in [2.45, 2.75) is 0 Å². The molecule has 0 unspecified atom stereocenters. The number of benzene rings is 2. The number of anilines is 1. The average molecular weight is 298 g/mol. The van der Waals surface area contributed by atoms with Crippen molar-refractivity contribution in [2.75, 3.05) is 11.9 Å². The molecule has 20 heavy (non-hydrogen) atoms. The van der Waals surface area contributed by atoms with E-state index < -0.39 is 17.5 Å². The fourth-order valence-corrected chi connectivity index (χ4v) is 1.56. The Labute approximate surface area is 119 Å². The summed E-state index contributed by atoms with van der Waals surface area (Å²) in [7, 11) is 0. The van der Waals surface area contributed by atoms with Crippen LogP contribution in [-0.2, 0) is 4.79 Å². The molecule has 3 nitrogen and oxygen atoms in total. The molecule has 0 saturated carbocycles. The van der Waals surface area contributed by atoms with Gasteiger partial charge < -0.3 is 10.1 Å². The van der Waals surface area contributed by atoms with Gasteiger partial charge in [0.1, 0.15) is 17.4 Å². The molecular weight excluding hydrogens is 288 g/mol. The third-order valence-electron chi connectivity index (χ3n) is 2.39. The summed E-state index contributed by atoms with van der Waals surface area (Å²) in [6.07, 6.45) is 0. The number of nitrogens with one attached hydrogen (secondary N) is 1. The Morgan fingerprint density at radius 2 is 1.85 bits per heavy atom. The molecule has 1 amide bonds. The summed E-state index contributed by atoms with van der Waals surface area (Å²) in [5.41, 5.74) is 0.447. The summed E-state index contributed by atoms with van der Waals surface area (Å²) in [6.45, 7) is -0.293. The van der Waals surface area contributed by atoms with Gasteiger partial charge in [-0.25, -0.2) is 8.78 Å². The molecule has 0 aliphatic heterocycles. The smallest absolute Gasteiger partial charge is 0.262 e. The number of halogens is 3. The third-order valence-corrected chi connectivity index (χ3v) is 2.70. The van der Waals surface area contributed by atoms with E-state index in [-0.39, 0.29) is 17.4 Å². The van der Waals surface area contributed by atoms with Gasteiger partial charge in [-0.15, -0.1) is 0 Å². The van der Waals surface area contributed by atoms with Crippen molar-refractivity contribution < 1.29 is 18.3 Å². The van der Waals surface area contributed by atoms with Crippen LogP contribution in [0.5, 0.6) is 5.75 Å². The number of hydrogen-bond acceptors (Lipinski definition) is 2. The molecule has 0 atom stereocenters. The zero-order chi connectivity index (χ0) is 14.5. The summed E-state index contributed by atoms with van der Waals surface area (Å²) in [5.74, 6) is -1.26. The van der Waals surface area contributed by atoms with E-state index in [0.717, 1.165) is 6.07 Å². The first-order valence-corrected chi connectivity index (χ1v) is 6.05. The van der Waals surface area contributed by atoms with Gasteiger partial charge in [0.15, 0.2) is 6.61 Å². The monoisotopic (exact) mass is 297 g/mol. The highest BCUT2D eigenvalue weighted by Gasteiger charge is 2.06. The van der Waals surface area contributed by atoms with Crippen molar-refractivity contribution >= 4 is 23.2 Å². The Hall–Kier alpha value is -2.14. The van der Waals surface area contributed by atoms with Crippen LogP contribution in [0.3, 0.4) is 0 Å². The summed E-state index contributed by atoms with van der Waals surface area (Å²) in [5, 5.41) is 2.49. The van der Waals surface area contributed by atoms with E-state index in [9.17, 15) is 13.6 Å². The molecule has 0 spiro atoms. The van der Waals surface area contributed by atoms with Crippen LogP contribution in [-0.4, -0.2) is 12.5 Å². The second kappa shape index (κ2) is 6.34. The Morgan fingerprint density at radius 3 is 2.50 bits per heavy atom. The van der Waals surface area contributed by atoms with Crippen molar-refractivity contribution in [2.24, 2.45) is 0 Å². The maximum atomic E-state index is 13.1. The average Bonchev–Trinajstić information content (AvgIpc) is 2.43. The predicted molar refractivity (Wildman–Crippen MR) is 71.9 cm³/mol. The Bertz CT molecular complexity index is 617. The highest BCUT2D eigenvalue weighted by atomic mass is 35.5. The predicted octanol–water partition coefficient (Wildman–Crippen LogP) is 3.64. The number of carbonyl (C=O) groups excluding carboxylic acids is 1. The van der Waals surface area contributed by atoms with Crippen molar-refractivity contribution in [3.8, 4) is 5.75 Å². The van der Waals surface area contributed by atoms with Crippen molar-refractivity contribution in [1.82, 2.24) is 0 Å². The molecule has 0 saturated heterocycles. The van der Waals surface area contributed by atoms with Gasteiger partial charge in [-0.1, -0.05) is 11.6 Å². The summed E-state index contributed by atoms with van der Waals surface area (Å²) >= 11 is 5.52. The molecule has 0 bridgehead atoms. The minimum absolute atomic E-state index is 0.0203. The lowest BCUT2D eigenvalue weighted by Gasteiger charge is -2.08. The summed E-state index contributed by atoms with van der Waals surface area (Å²) < 4.78 is 30.9. The number of amides is 1. The Morgan fingerprint density at radius 1 is 1.15 bits per heavy atom. The van der Waals surface area contributed by atoms with Gasteiger partial charge in [0, 0.05) is 11.8 Å². The fourth-order valence-electron chi connectivity index (χ4n) is 1.45. The van der Waals surface area contributed by atoms with Crippen LogP contribution in [0.15, 0.2) is 42.5 Å². The van der Waals surface area contributed by atoms with E-state index in [1.165, 1.54) is 36.4 Å². The van der Waals surface area contributed by atoms with Gasteiger partial charge >= 0.3 is 0 Å². The summed E-state index contributed by atoms with van der Waals surface area (Å²) in [6, 6.07) is 9.19. The van der Waals surface area contributed by atoms with E-state index >= 15 is 0 Å². The number of carbonyl (C=O) groups is 1. The van der Waals surface area contributed by atoms with Crippen LogP contribution < -0.4 is 10.1 Å². The van der Waals surface area contributed by atoms with E-state index in [4.69, 9.17) is 16.3 Å². The molecule has 0 aromatic heterocycles. The first-order valence-electron chi connectivity index (χ1n) is 5.68. The molecule has 0 heterocycles. The number of ether oxygens (including phenoxy) is 1. The molecular formula is C14H10ClF2NO2. The van der Waals surface area contributed by atoms with Crippen LogP contribution >= 0.6 is 11.6 Å². The van der Waals surface area contributed by atoms with Crippen LogP contribution in [0.25, 0.3) is 0 Å². The molecule has 0 aliphatic carbocycles. The molecule has 104 valence electrons. The Balaban J connectivity index is 1.88. The lowest BCUT2D eigenvalue weighted by molar-refractivity contribution is -0.118.